The van der Waals surface area contributed by atoms with Gasteiger partial charge in [-0.05, 0) is 54.8 Å². The molecular weight excluding hydrogens is 469 g/mol. The number of hydrogen-bond acceptors (Lipinski definition) is 4. The Morgan fingerprint density at radius 2 is 1.62 bits per heavy atom. The Kier molecular flexibility index (Phi) is 6.81. The third-order valence-corrected chi connectivity index (χ3v) is 7.80. The van der Waals surface area contributed by atoms with Gasteiger partial charge < -0.3 is 9.73 Å². The minimum Gasteiger partial charge on any atom is -0.467 e. The van der Waals surface area contributed by atoms with E-state index in [0.717, 1.165) is 29.8 Å². The molecule has 1 aliphatic heterocycles. The number of sulfonamides is 1. The fourth-order valence-electron chi connectivity index (χ4n) is 4.00. The van der Waals surface area contributed by atoms with E-state index in [9.17, 15) is 26.4 Å². The van der Waals surface area contributed by atoms with Crippen molar-refractivity contribution in [3.63, 3.8) is 0 Å². The van der Waals surface area contributed by atoms with Crippen LogP contribution < -0.4 is 5.32 Å². The van der Waals surface area contributed by atoms with E-state index in [2.05, 4.69) is 5.32 Å². The number of rotatable bonds is 6. The van der Waals surface area contributed by atoms with Gasteiger partial charge in [0, 0.05) is 19.0 Å². The van der Waals surface area contributed by atoms with Gasteiger partial charge in [-0.1, -0.05) is 30.3 Å². The maximum atomic E-state index is 13.0. The Labute approximate surface area is 195 Å². The standard InChI is InChI=1S/C24H23F3N2O4S/c25-24(26,27)19-8-10-20(11-9-19)34(31,32)29-14-12-18(13-15-29)23(30)28-22(21-7-4-16-33-21)17-5-2-1-3-6-17/h1-11,16,18,22H,12-15H2,(H,28,30). The number of amides is 1. The van der Waals surface area contributed by atoms with Crippen molar-refractivity contribution in [2.24, 2.45) is 5.92 Å². The first kappa shape index (κ1) is 24.0. The first-order chi connectivity index (χ1) is 16.2. The first-order valence-corrected chi connectivity index (χ1v) is 12.2. The zero-order valence-electron chi connectivity index (χ0n) is 18.0. The number of halogens is 3. The molecule has 1 N–H and O–H groups in total. The van der Waals surface area contributed by atoms with Gasteiger partial charge in [-0.3, -0.25) is 4.79 Å². The lowest BCUT2D eigenvalue weighted by Crippen LogP contribution is -2.43. The molecule has 0 bridgehead atoms. The van der Waals surface area contributed by atoms with Crippen molar-refractivity contribution in [2.45, 2.75) is 30.0 Å². The normalized spacial score (nSPS) is 16.8. The van der Waals surface area contributed by atoms with Crippen LogP contribution in [0.25, 0.3) is 0 Å². The highest BCUT2D eigenvalue weighted by molar-refractivity contribution is 7.89. The van der Waals surface area contributed by atoms with Gasteiger partial charge in [0.1, 0.15) is 11.8 Å². The fourth-order valence-corrected chi connectivity index (χ4v) is 5.47. The van der Waals surface area contributed by atoms with E-state index in [-0.39, 0.29) is 23.9 Å². The lowest BCUT2D eigenvalue weighted by atomic mass is 9.95. The second-order valence-electron chi connectivity index (χ2n) is 8.07. The highest BCUT2D eigenvalue weighted by Gasteiger charge is 2.35. The molecule has 2 heterocycles. The summed E-state index contributed by atoms with van der Waals surface area (Å²) in [6.45, 7) is 0.191. The third-order valence-electron chi connectivity index (χ3n) is 5.89. The lowest BCUT2D eigenvalue weighted by Gasteiger charge is -2.31. The molecule has 1 saturated heterocycles. The number of hydrogen-bond donors (Lipinski definition) is 1. The Morgan fingerprint density at radius 3 is 2.18 bits per heavy atom. The molecule has 3 aromatic rings. The predicted octanol–water partition coefficient (Wildman–Crippen LogP) is 4.60. The topological polar surface area (TPSA) is 79.6 Å². The SMILES string of the molecule is O=C(NC(c1ccccc1)c1ccco1)C1CCN(S(=O)(=O)c2ccc(C(F)(F)F)cc2)CC1. The van der Waals surface area contributed by atoms with Crippen LogP contribution in [0.2, 0.25) is 0 Å². The Balaban J connectivity index is 1.41. The van der Waals surface area contributed by atoms with Crippen LogP contribution in [0.5, 0.6) is 0 Å². The Morgan fingerprint density at radius 1 is 0.971 bits per heavy atom. The lowest BCUT2D eigenvalue weighted by molar-refractivity contribution is -0.137. The fraction of sp³-hybridized carbons (Fsp3) is 0.292. The van der Waals surface area contributed by atoms with Crippen LogP contribution in [0, 0.1) is 5.92 Å². The number of benzene rings is 2. The molecule has 4 rings (SSSR count). The molecule has 1 aliphatic rings. The summed E-state index contributed by atoms with van der Waals surface area (Å²) >= 11 is 0. The largest absolute Gasteiger partial charge is 0.467 e. The summed E-state index contributed by atoms with van der Waals surface area (Å²) in [5.41, 5.74) is -0.0560. The van der Waals surface area contributed by atoms with Gasteiger partial charge in [0.05, 0.1) is 16.7 Å². The van der Waals surface area contributed by atoms with Crippen LogP contribution in [-0.4, -0.2) is 31.7 Å². The molecule has 2 aromatic carbocycles. The highest BCUT2D eigenvalue weighted by atomic mass is 32.2. The number of alkyl halides is 3. The maximum Gasteiger partial charge on any atom is 0.416 e. The quantitative estimate of drug-likeness (QED) is 0.545. The monoisotopic (exact) mass is 492 g/mol. The van der Waals surface area contributed by atoms with Crippen molar-refractivity contribution >= 4 is 15.9 Å². The van der Waals surface area contributed by atoms with E-state index < -0.39 is 33.7 Å². The minimum atomic E-state index is -4.54. The van der Waals surface area contributed by atoms with Gasteiger partial charge in [-0.2, -0.15) is 17.5 Å². The van der Waals surface area contributed by atoms with E-state index >= 15 is 0 Å². The van der Waals surface area contributed by atoms with Crippen LogP contribution in [0.4, 0.5) is 13.2 Å². The highest BCUT2D eigenvalue weighted by Crippen LogP contribution is 2.31. The number of carbonyl (C=O) groups excluding carboxylic acids is 1. The maximum absolute atomic E-state index is 13.0. The van der Waals surface area contributed by atoms with Gasteiger partial charge >= 0.3 is 6.18 Å². The zero-order valence-corrected chi connectivity index (χ0v) is 18.9. The van der Waals surface area contributed by atoms with Gasteiger partial charge in [-0.25, -0.2) is 8.42 Å². The van der Waals surface area contributed by atoms with E-state index in [0.29, 0.717) is 18.6 Å². The Hall–Kier alpha value is -3.11. The number of nitrogens with zero attached hydrogens (tertiary/aromatic N) is 1. The second-order valence-corrected chi connectivity index (χ2v) is 10.0. The molecule has 0 radical (unpaired) electrons. The van der Waals surface area contributed by atoms with Crippen molar-refractivity contribution in [1.29, 1.82) is 0 Å². The molecular formula is C24H23F3N2O4S. The summed E-state index contributed by atoms with van der Waals surface area (Å²) in [4.78, 5) is 12.8. The van der Waals surface area contributed by atoms with Gasteiger partial charge in [0.2, 0.25) is 15.9 Å². The average molecular weight is 493 g/mol. The minimum absolute atomic E-state index is 0.0954. The van der Waals surface area contributed by atoms with Crippen LogP contribution >= 0.6 is 0 Å². The molecule has 0 spiro atoms. The molecule has 180 valence electrons. The molecule has 1 atom stereocenters. The molecule has 1 amide bonds. The predicted molar refractivity (Wildman–Crippen MR) is 118 cm³/mol. The number of carbonyl (C=O) groups is 1. The van der Waals surface area contributed by atoms with Crippen LogP contribution in [0.15, 0.2) is 82.3 Å². The molecule has 6 nitrogen and oxygen atoms in total. The summed E-state index contributed by atoms with van der Waals surface area (Å²) in [5, 5.41) is 3.00. The summed E-state index contributed by atoms with van der Waals surface area (Å²) in [6, 6.07) is 15.8. The van der Waals surface area contributed by atoms with Crippen molar-refractivity contribution in [2.75, 3.05) is 13.1 Å². The van der Waals surface area contributed by atoms with Gasteiger partial charge in [0.25, 0.3) is 0 Å². The van der Waals surface area contributed by atoms with Crippen molar-refractivity contribution in [3.8, 4) is 0 Å². The number of furan rings is 1. The molecule has 0 saturated carbocycles. The van der Waals surface area contributed by atoms with Gasteiger partial charge in [0.15, 0.2) is 0 Å². The molecule has 1 aromatic heterocycles. The first-order valence-electron chi connectivity index (χ1n) is 10.7. The van der Waals surface area contributed by atoms with E-state index in [1.165, 1.54) is 10.6 Å². The number of nitrogens with one attached hydrogen (secondary N) is 1. The summed E-state index contributed by atoms with van der Waals surface area (Å²) < 4.78 is 70.8. The molecule has 34 heavy (non-hydrogen) atoms. The Bertz CT molecular complexity index is 1200. The third kappa shape index (κ3) is 5.18. The molecule has 10 heteroatoms. The van der Waals surface area contributed by atoms with Crippen molar-refractivity contribution < 1.29 is 30.8 Å². The molecule has 1 unspecified atom stereocenters. The average Bonchev–Trinajstić information content (AvgIpc) is 3.37. The summed E-state index contributed by atoms with van der Waals surface area (Å²) in [7, 11) is -3.96. The second kappa shape index (κ2) is 9.63. The molecule has 0 aliphatic carbocycles. The zero-order chi connectivity index (χ0) is 24.3. The summed E-state index contributed by atoms with van der Waals surface area (Å²) in [6.07, 6.45) is -2.42. The van der Waals surface area contributed by atoms with Crippen LogP contribution in [-0.2, 0) is 21.0 Å². The van der Waals surface area contributed by atoms with E-state index in [1.54, 1.807) is 12.1 Å². The van der Waals surface area contributed by atoms with Crippen LogP contribution in [0.3, 0.4) is 0 Å². The van der Waals surface area contributed by atoms with Gasteiger partial charge in [-0.15, -0.1) is 0 Å². The van der Waals surface area contributed by atoms with Crippen molar-refractivity contribution in [3.05, 3.63) is 89.9 Å². The van der Waals surface area contributed by atoms with E-state index in [1.807, 2.05) is 30.3 Å². The van der Waals surface area contributed by atoms with Crippen molar-refractivity contribution in [1.82, 2.24) is 9.62 Å². The smallest absolute Gasteiger partial charge is 0.416 e. The summed E-state index contributed by atoms with van der Waals surface area (Å²) in [5.74, 6) is -0.0288. The van der Waals surface area contributed by atoms with E-state index in [4.69, 9.17) is 4.42 Å². The molecule has 1 fully saturated rings. The number of piperidine rings is 1. The van der Waals surface area contributed by atoms with Crippen LogP contribution in [0.1, 0.15) is 35.8 Å².